The summed E-state index contributed by atoms with van der Waals surface area (Å²) >= 11 is 6.12. The number of carbonyl (C=O) groups is 1. The first kappa shape index (κ1) is 30.7. The lowest BCUT2D eigenvalue weighted by Gasteiger charge is -2.33. The third-order valence-corrected chi connectivity index (χ3v) is 7.64. The molecular formula is C28H31ClFN9O5. The molecule has 1 fully saturated rings. The number of nitrogen functional groups attached to an aromatic ring is 1. The number of likely N-dealkylation sites (tertiary alicyclic amines) is 1. The van der Waals surface area contributed by atoms with Gasteiger partial charge >= 0.3 is 0 Å². The van der Waals surface area contributed by atoms with Crippen LogP contribution in [-0.2, 0) is 13.2 Å². The largest absolute Gasteiger partial charge is 0.496 e. The van der Waals surface area contributed by atoms with Crippen LogP contribution in [0.5, 0.6) is 17.2 Å². The molecule has 232 valence electrons. The quantitative estimate of drug-likeness (QED) is 0.183. The van der Waals surface area contributed by atoms with Gasteiger partial charge in [0.15, 0.2) is 5.69 Å². The molecular weight excluding hydrogens is 597 g/mol. The van der Waals surface area contributed by atoms with Crippen molar-refractivity contribution in [1.29, 1.82) is 0 Å². The zero-order valence-corrected chi connectivity index (χ0v) is 25.0. The Balaban J connectivity index is 1.36. The van der Waals surface area contributed by atoms with E-state index in [1.807, 2.05) is 0 Å². The summed E-state index contributed by atoms with van der Waals surface area (Å²) in [6.45, 7) is 3.24. The maximum absolute atomic E-state index is 14.2. The molecule has 2 aromatic carbocycles. The number of nitrogens with one attached hydrogen (secondary N) is 1. The van der Waals surface area contributed by atoms with Crippen LogP contribution in [0.2, 0.25) is 5.02 Å². The van der Waals surface area contributed by atoms with Crippen molar-refractivity contribution in [1.82, 2.24) is 35.6 Å². The van der Waals surface area contributed by atoms with E-state index in [4.69, 9.17) is 36.2 Å². The normalized spacial score (nSPS) is 15.4. The first-order valence-corrected chi connectivity index (χ1v) is 14.1. The van der Waals surface area contributed by atoms with Crippen LogP contribution in [0.15, 0.2) is 40.1 Å². The molecule has 0 aliphatic carbocycles. The van der Waals surface area contributed by atoms with E-state index >= 15 is 0 Å². The second kappa shape index (κ2) is 13.7. The van der Waals surface area contributed by atoms with E-state index in [0.717, 1.165) is 25.8 Å². The van der Waals surface area contributed by atoms with Gasteiger partial charge < -0.3 is 19.9 Å². The van der Waals surface area contributed by atoms with Gasteiger partial charge in [0.2, 0.25) is 11.6 Å². The molecule has 2 aromatic heterocycles. The van der Waals surface area contributed by atoms with Crippen LogP contribution in [0.25, 0.3) is 5.82 Å². The van der Waals surface area contributed by atoms with Crippen molar-refractivity contribution in [3.63, 3.8) is 0 Å². The van der Waals surface area contributed by atoms with E-state index in [1.165, 1.54) is 37.2 Å². The van der Waals surface area contributed by atoms with Crippen molar-refractivity contribution in [2.45, 2.75) is 45.4 Å². The minimum absolute atomic E-state index is 0.0106. The third-order valence-electron chi connectivity index (χ3n) is 7.29. The van der Waals surface area contributed by atoms with E-state index in [9.17, 15) is 9.18 Å². The number of halogens is 2. The van der Waals surface area contributed by atoms with E-state index < -0.39 is 11.7 Å². The molecule has 1 unspecified atom stereocenters. The number of piperidine rings is 1. The summed E-state index contributed by atoms with van der Waals surface area (Å²) in [5, 5.41) is 20.0. The smallest absolute Gasteiger partial charge is 0.293 e. The monoisotopic (exact) mass is 627 g/mol. The summed E-state index contributed by atoms with van der Waals surface area (Å²) in [7, 11) is 2.91. The number of amides is 1. The predicted molar refractivity (Wildman–Crippen MR) is 158 cm³/mol. The van der Waals surface area contributed by atoms with Crippen molar-refractivity contribution in [3.05, 3.63) is 63.7 Å². The number of nitrogens with zero attached hydrogens (tertiary/aromatic N) is 7. The standard InChI is InChI=1S/C28H31ClFN9O5/c1-16-7-4-5-10-38(16)14-22-25(33-37-39(22)27-26(31)35-44-36-27)28(40)34-32-13-18-23(41-2)11-17(12-24(18)42-3)43-15-19-20(29)8-6-9-21(19)30/h6,8-9,11-13,16H,4-5,7,10,14-15H2,1-3H3,(H2,31,35)(H,34,40)/b32-13-. The number of nitrogens with two attached hydrogens (primary N) is 1. The fourth-order valence-corrected chi connectivity index (χ4v) is 5.09. The third kappa shape index (κ3) is 6.58. The summed E-state index contributed by atoms with van der Waals surface area (Å²) in [5.41, 5.74) is 9.53. The van der Waals surface area contributed by atoms with Crippen LogP contribution in [0, 0.1) is 5.82 Å². The van der Waals surface area contributed by atoms with Crippen molar-refractivity contribution < 1.29 is 28.0 Å². The summed E-state index contributed by atoms with van der Waals surface area (Å²) in [6.07, 6.45) is 4.57. The zero-order valence-electron chi connectivity index (χ0n) is 24.3. The number of ether oxygens (including phenoxy) is 3. The second-order valence-electron chi connectivity index (χ2n) is 10.0. The van der Waals surface area contributed by atoms with Crippen LogP contribution in [0.4, 0.5) is 10.2 Å². The molecule has 44 heavy (non-hydrogen) atoms. The number of rotatable bonds is 11. The fourth-order valence-electron chi connectivity index (χ4n) is 4.87. The highest BCUT2D eigenvalue weighted by Crippen LogP contribution is 2.34. The van der Waals surface area contributed by atoms with E-state index in [0.29, 0.717) is 41.1 Å². The van der Waals surface area contributed by atoms with Gasteiger partial charge in [0.1, 0.15) is 29.7 Å². The molecule has 1 aliphatic heterocycles. The molecule has 0 spiro atoms. The number of hydrogen-bond donors (Lipinski definition) is 2. The van der Waals surface area contributed by atoms with Crippen molar-refractivity contribution in [3.8, 4) is 23.1 Å². The van der Waals surface area contributed by atoms with E-state index in [1.54, 1.807) is 18.2 Å². The molecule has 3 N–H and O–H groups in total. The number of aromatic nitrogens is 5. The molecule has 1 saturated heterocycles. The van der Waals surface area contributed by atoms with Gasteiger partial charge in [-0.05, 0) is 48.8 Å². The van der Waals surface area contributed by atoms with E-state index in [2.05, 4.69) is 43.0 Å². The van der Waals surface area contributed by atoms with Gasteiger partial charge in [-0.2, -0.15) is 9.78 Å². The number of hydrogen-bond acceptors (Lipinski definition) is 12. The minimum atomic E-state index is -0.609. The lowest BCUT2D eigenvalue weighted by molar-refractivity contribution is 0.0945. The molecule has 0 radical (unpaired) electrons. The summed E-state index contributed by atoms with van der Waals surface area (Å²) in [4.78, 5) is 15.5. The van der Waals surface area contributed by atoms with Crippen molar-refractivity contribution >= 4 is 29.5 Å². The summed E-state index contributed by atoms with van der Waals surface area (Å²) in [5.74, 6) is 0.0557. The Hall–Kier alpha value is -4.76. The van der Waals surface area contributed by atoms with Crippen molar-refractivity contribution in [2.24, 2.45) is 5.10 Å². The maximum Gasteiger partial charge on any atom is 0.293 e. The van der Waals surface area contributed by atoms with Crippen molar-refractivity contribution in [2.75, 3.05) is 26.5 Å². The van der Waals surface area contributed by atoms with Crippen LogP contribution >= 0.6 is 11.6 Å². The van der Waals surface area contributed by atoms with Crippen LogP contribution in [0.3, 0.4) is 0 Å². The zero-order chi connectivity index (χ0) is 31.2. The lowest BCUT2D eigenvalue weighted by Crippen LogP contribution is -2.38. The van der Waals surface area contributed by atoms with Gasteiger partial charge in [0.25, 0.3) is 5.91 Å². The molecule has 0 bridgehead atoms. The predicted octanol–water partition coefficient (Wildman–Crippen LogP) is 3.76. The SMILES string of the molecule is COc1cc(OCc2c(F)cccc2Cl)cc(OC)c1/C=N\NC(=O)c1nnn(-c2nonc2N)c1CN1CCCCC1C. The summed E-state index contributed by atoms with van der Waals surface area (Å²) in [6, 6.07) is 7.86. The molecule has 16 heteroatoms. The average Bonchev–Trinajstić information content (AvgIpc) is 3.63. The minimum Gasteiger partial charge on any atom is -0.496 e. The number of carbonyl (C=O) groups excluding carboxylic acids is 1. The number of methoxy groups -OCH3 is 2. The Kier molecular flexibility index (Phi) is 9.55. The van der Waals surface area contributed by atoms with Crippen LogP contribution in [0.1, 0.15) is 53.5 Å². The van der Waals surface area contributed by atoms with Gasteiger partial charge in [-0.15, -0.1) is 5.10 Å². The topological polar surface area (TPSA) is 168 Å². The Labute approximate surface area is 256 Å². The van der Waals surface area contributed by atoms with Gasteiger partial charge in [0.05, 0.1) is 36.7 Å². The fraction of sp³-hybridized carbons (Fsp3) is 0.357. The molecule has 14 nitrogen and oxygen atoms in total. The molecule has 1 amide bonds. The van der Waals surface area contributed by atoms with E-state index in [-0.39, 0.29) is 34.5 Å². The van der Waals surface area contributed by atoms with Gasteiger partial charge in [-0.1, -0.05) is 29.3 Å². The number of anilines is 1. The molecule has 4 aromatic rings. The second-order valence-corrected chi connectivity index (χ2v) is 10.4. The molecule has 1 aliphatic rings. The first-order valence-electron chi connectivity index (χ1n) is 13.7. The Bertz CT molecular complexity index is 1610. The van der Waals surface area contributed by atoms with Crippen LogP contribution in [-0.4, -0.2) is 69.1 Å². The highest BCUT2D eigenvalue weighted by atomic mass is 35.5. The first-order chi connectivity index (χ1) is 21.3. The molecule has 5 rings (SSSR count). The highest BCUT2D eigenvalue weighted by Gasteiger charge is 2.28. The molecule has 0 saturated carbocycles. The lowest BCUT2D eigenvalue weighted by atomic mass is 10.0. The van der Waals surface area contributed by atoms with Crippen LogP contribution < -0.4 is 25.4 Å². The van der Waals surface area contributed by atoms with Gasteiger partial charge in [0, 0.05) is 30.3 Å². The number of benzene rings is 2. The Morgan fingerprint density at radius 3 is 2.68 bits per heavy atom. The number of hydrazone groups is 1. The Morgan fingerprint density at radius 2 is 2.02 bits per heavy atom. The van der Waals surface area contributed by atoms with Gasteiger partial charge in [-0.3, -0.25) is 9.69 Å². The highest BCUT2D eigenvalue weighted by molar-refractivity contribution is 6.31. The molecule has 3 heterocycles. The molecule has 1 atom stereocenters. The Morgan fingerprint density at radius 1 is 1.25 bits per heavy atom. The maximum atomic E-state index is 14.2. The average molecular weight is 628 g/mol. The summed E-state index contributed by atoms with van der Waals surface area (Å²) < 4.78 is 37.1. The van der Waals surface area contributed by atoms with Gasteiger partial charge in [-0.25, -0.2) is 14.4 Å².